The van der Waals surface area contributed by atoms with Crippen LogP contribution in [0.1, 0.15) is 62.7 Å². The second-order valence-corrected chi connectivity index (χ2v) is 5.63. The van der Waals surface area contributed by atoms with Gasteiger partial charge in [-0.25, -0.2) is 0 Å². The molecule has 1 atom stereocenters. The van der Waals surface area contributed by atoms with E-state index in [4.69, 9.17) is 0 Å². The van der Waals surface area contributed by atoms with Crippen LogP contribution in [0.2, 0.25) is 0 Å². The van der Waals surface area contributed by atoms with Crippen LogP contribution in [-0.4, -0.2) is 16.8 Å². The standard InChI is InChI=1S/C15H27N3/c1-4-14-13(11-18(3)17-14)15(16-2)10-9-12-7-5-6-8-12/h11-12,15-16H,4-10H2,1-3H3. The van der Waals surface area contributed by atoms with Crippen LogP contribution < -0.4 is 5.32 Å². The van der Waals surface area contributed by atoms with Crippen LogP contribution in [-0.2, 0) is 13.5 Å². The van der Waals surface area contributed by atoms with E-state index >= 15 is 0 Å². The van der Waals surface area contributed by atoms with Crippen LogP contribution >= 0.6 is 0 Å². The van der Waals surface area contributed by atoms with Crippen LogP contribution in [0, 0.1) is 5.92 Å². The quantitative estimate of drug-likeness (QED) is 0.839. The summed E-state index contributed by atoms with van der Waals surface area (Å²) in [5, 5.41) is 8.03. The van der Waals surface area contributed by atoms with Gasteiger partial charge >= 0.3 is 0 Å². The van der Waals surface area contributed by atoms with Crippen LogP contribution in [0.3, 0.4) is 0 Å². The lowest BCUT2D eigenvalue weighted by Crippen LogP contribution is -2.18. The zero-order chi connectivity index (χ0) is 13.0. The second kappa shape index (κ2) is 6.37. The van der Waals surface area contributed by atoms with Crippen molar-refractivity contribution < 1.29 is 0 Å². The zero-order valence-corrected chi connectivity index (χ0v) is 12.1. The molecule has 0 aromatic carbocycles. The Hall–Kier alpha value is -0.830. The Morgan fingerprint density at radius 2 is 2.17 bits per heavy atom. The first-order valence-corrected chi connectivity index (χ1v) is 7.44. The number of rotatable bonds is 6. The highest BCUT2D eigenvalue weighted by Gasteiger charge is 2.20. The third-order valence-electron chi connectivity index (χ3n) is 4.33. The van der Waals surface area contributed by atoms with Crippen molar-refractivity contribution in [2.45, 2.75) is 57.9 Å². The van der Waals surface area contributed by atoms with Gasteiger partial charge in [0, 0.05) is 24.8 Å². The van der Waals surface area contributed by atoms with E-state index in [9.17, 15) is 0 Å². The third-order valence-corrected chi connectivity index (χ3v) is 4.33. The lowest BCUT2D eigenvalue weighted by molar-refractivity contribution is 0.426. The average molecular weight is 249 g/mol. The van der Waals surface area contributed by atoms with E-state index in [2.05, 4.69) is 30.6 Å². The van der Waals surface area contributed by atoms with E-state index in [1.165, 1.54) is 49.8 Å². The summed E-state index contributed by atoms with van der Waals surface area (Å²) in [5.74, 6) is 0.975. The third kappa shape index (κ3) is 3.14. The van der Waals surface area contributed by atoms with E-state index in [-0.39, 0.29) is 0 Å². The zero-order valence-electron chi connectivity index (χ0n) is 12.1. The molecule has 3 nitrogen and oxygen atoms in total. The average Bonchev–Trinajstić information content (AvgIpc) is 2.99. The fraction of sp³-hybridized carbons (Fsp3) is 0.800. The van der Waals surface area contributed by atoms with Crippen molar-refractivity contribution in [1.82, 2.24) is 15.1 Å². The Balaban J connectivity index is 1.97. The predicted molar refractivity (Wildman–Crippen MR) is 75.6 cm³/mol. The van der Waals surface area contributed by atoms with Crippen molar-refractivity contribution in [3.63, 3.8) is 0 Å². The molecule has 2 rings (SSSR count). The second-order valence-electron chi connectivity index (χ2n) is 5.63. The topological polar surface area (TPSA) is 29.9 Å². The van der Waals surface area contributed by atoms with Crippen LogP contribution in [0.25, 0.3) is 0 Å². The molecule has 0 radical (unpaired) electrons. The van der Waals surface area contributed by atoms with Crippen LogP contribution in [0.5, 0.6) is 0 Å². The van der Waals surface area contributed by atoms with Gasteiger partial charge < -0.3 is 5.32 Å². The van der Waals surface area contributed by atoms with Crippen LogP contribution in [0.4, 0.5) is 0 Å². The fourth-order valence-corrected chi connectivity index (χ4v) is 3.28. The SMILES string of the molecule is CCc1nn(C)cc1C(CCC1CCCC1)NC. The van der Waals surface area contributed by atoms with Gasteiger partial charge in [-0.2, -0.15) is 5.10 Å². The lowest BCUT2D eigenvalue weighted by Gasteiger charge is -2.18. The van der Waals surface area contributed by atoms with Crippen molar-refractivity contribution in [3.05, 3.63) is 17.5 Å². The number of nitrogens with one attached hydrogen (secondary N) is 1. The number of nitrogens with zero attached hydrogens (tertiary/aromatic N) is 2. The summed E-state index contributed by atoms with van der Waals surface area (Å²) in [6.07, 6.45) is 11.6. The molecule has 102 valence electrons. The smallest absolute Gasteiger partial charge is 0.0669 e. The van der Waals surface area contributed by atoms with Gasteiger partial charge in [-0.05, 0) is 32.2 Å². The molecule has 1 aliphatic rings. The minimum atomic E-state index is 0.481. The molecular weight excluding hydrogens is 222 g/mol. The van der Waals surface area contributed by atoms with Gasteiger partial charge in [0.1, 0.15) is 0 Å². The first-order valence-electron chi connectivity index (χ1n) is 7.44. The van der Waals surface area contributed by atoms with Crippen molar-refractivity contribution >= 4 is 0 Å². The number of aryl methyl sites for hydroxylation is 2. The molecule has 18 heavy (non-hydrogen) atoms. The minimum absolute atomic E-state index is 0.481. The van der Waals surface area contributed by atoms with Crippen molar-refractivity contribution in [2.24, 2.45) is 13.0 Å². The van der Waals surface area contributed by atoms with Crippen molar-refractivity contribution in [1.29, 1.82) is 0 Å². The highest BCUT2D eigenvalue weighted by molar-refractivity contribution is 5.21. The van der Waals surface area contributed by atoms with E-state index in [1.54, 1.807) is 0 Å². The molecule has 1 saturated carbocycles. The number of hydrogen-bond acceptors (Lipinski definition) is 2. The summed E-state index contributed by atoms with van der Waals surface area (Å²) in [6.45, 7) is 2.19. The van der Waals surface area contributed by atoms with Crippen molar-refractivity contribution in [3.8, 4) is 0 Å². The lowest BCUT2D eigenvalue weighted by atomic mass is 9.95. The van der Waals surface area contributed by atoms with E-state index in [0.29, 0.717) is 6.04 Å². The van der Waals surface area contributed by atoms with E-state index in [0.717, 1.165) is 12.3 Å². The monoisotopic (exact) mass is 249 g/mol. The molecule has 1 heterocycles. The molecule has 0 bridgehead atoms. The summed E-state index contributed by atoms with van der Waals surface area (Å²) in [4.78, 5) is 0. The van der Waals surface area contributed by atoms with Crippen LogP contribution in [0.15, 0.2) is 6.20 Å². The summed E-state index contributed by atoms with van der Waals surface area (Å²) in [6, 6.07) is 0.481. The maximum atomic E-state index is 4.55. The normalized spacial score (nSPS) is 18.4. The Bertz CT molecular complexity index is 364. The maximum absolute atomic E-state index is 4.55. The Morgan fingerprint density at radius 3 is 2.78 bits per heavy atom. The van der Waals surface area contributed by atoms with Gasteiger partial charge in [0.2, 0.25) is 0 Å². The van der Waals surface area contributed by atoms with E-state index in [1.807, 2.05) is 11.7 Å². The summed E-state index contributed by atoms with van der Waals surface area (Å²) in [5.41, 5.74) is 2.66. The number of aromatic nitrogens is 2. The van der Waals surface area contributed by atoms with Crippen molar-refractivity contribution in [2.75, 3.05) is 7.05 Å². The predicted octanol–water partition coefficient (Wildman–Crippen LogP) is 3.21. The molecule has 0 amide bonds. The molecule has 1 aliphatic carbocycles. The van der Waals surface area contributed by atoms with Gasteiger partial charge in [-0.15, -0.1) is 0 Å². The van der Waals surface area contributed by atoms with Gasteiger partial charge in [0.05, 0.1) is 5.69 Å². The maximum Gasteiger partial charge on any atom is 0.0669 e. The Morgan fingerprint density at radius 1 is 1.44 bits per heavy atom. The highest BCUT2D eigenvalue weighted by Crippen LogP contribution is 2.32. The molecule has 1 N–H and O–H groups in total. The Kier molecular flexibility index (Phi) is 4.81. The van der Waals surface area contributed by atoms with Gasteiger partial charge in [0.25, 0.3) is 0 Å². The van der Waals surface area contributed by atoms with Gasteiger partial charge in [-0.3, -0.25) is 4.68 Å². The molecule has 1 aromatic rings. The fourth-order valence-electron chi connectivity index (χ4n) is 3.28. The first-order chi connectivity index (χ1) is 8.74. The van der Waals surface area contributed by atoms with Gasteiger partial charge in [-0.1, -0.05) is 32.6 Å². The molecule has 1 unspecified atom stereocenters. The molecular formula is C15H27N3. The first kappa shape index (κ1) is 13.6. The summed E-state index contributed by atoms with van der Waals surface area (Å²) in [7, 11) is 4.10. The van der Waals surface area contributed by atoms with E-state index < -0.39 is 0 Å². The molecule has 1 fully saturated rings. The number of hydrogen-bond donors (Lipinski definition) is 1. The highest BCUT2D eigenvalue weighted by atomic mass is 15.3. The Labute approximate surface area is 111 Å². The molecule has 0 aliphatic heterocycles. The minimum Gasteiger partial charge on any atom is -0.313 e. The molecule has 0 saturated heterocycles. The van der Waals surface area contributed by atoms with Gasteiger partial charge in [0.15, 0.2) is 0 Å². The summed E-state index contributed by atoms with van der Waals surface area (Å²) >= 11 is 0. The molecule has 1 aromatic heterocycles. The molecule has 3 heteroatoms. The summed E-state index contributed by atoms with van der Waals surface area (Å²) < 4.78 is 1.95. The largest absolute Gasteiger partial charge is 0.313 e. The molecule has 0 spiro atoms.